The Kier molecular flexibility index (Phi) is 31.4. The molecule has 0 radical (unpaired) electrons. The van der Waals surface area contributed by atoms with E-state index in [-0.39, 0.29) is 40.1 Å². The highest BCUT2D eigenvalue weighted by molar-refractivity contribution is 7.99. The summed E-state index contributed by atoms with van der Waals surface area (Å²) in [6, 6.07) is 52.5. The van der Waals surface area contributed by atoms with E-state index in [1.165, 1.54) is 67.1 Å². The number of hydrogen-bond acceptors (Lipinski definition) is 22. The number of nitriles is 1. The third kappa shape index (κ3) is 26.5. The summed E-state index contributed by atoms with van der Waals surface area (Å²) in [6.45, 7) is 2.26. The molecule has 5 amide bonds. The number of alkyl halides is 6. The molecule has 2 aliphatic rings. The van der Waals surface area contributed by atoms with Gasteiger partial charge in [0.25, 0.3) is 23.6 Å². The van der Waals surface area contributed by atoms with Crippen LogP contribution in [0.25, 0.3) is 11.0 Å². The Morgan fingerprint density at radius 1 is 0.488 bits per heavy atom. The lowest BCUT2D eigenvalue weighted by Gasteiger charge is -2.24. The van der Waals surface area contributed by atoms with Gasteiger partial charge >= 0.3 is 18.0 Å². The Labute approximate surface area is 745 Å². The first-order valence-electron chi connectivity index (χ1n) is 39.2. The predicted molar refractivity (Wildman–Crippen MR) is 477 cm³/mol. The van der Waals surface area contributed by atoms with Gasteiger partial charge in [-0.3, -0.25) is 43.9 Å². The van der Waals surface area contributed by atoms with Crippen LogP contribution >= 0.6 is 58.6 Å². The number of anilines is 5. The van der Waals surface area contributed by atoms with Gasteiger partial charge in [-0.2, -0.15) is 31.6 Å². The number of carbonyl (C=O) groups excluding carboxylic acids is 5. The Morgan fingerprint density at radius 3 is 1.36 bits per heavy atom. The van der Waals surface area contributed by atoms with Crippen LogP contribution in [0.5, 0.6) is 11.6 Å². The van der Waals surface area contributed by atoms with Gasteiger partial charge in [0, 0.05) is 160 Å². The van der Waals surface area contributed by atoms with Crippen molar-refractivity contribution in [2.24, 2.45) is 0 Å². The van der Waals surface area contributed by atoms with Crippen molar-refractivity contribution in [1.82, 2.24) is 44.9 Å². The van der Waals surface area contributed by atoms with Crippen LogP contribution in [0.3, 0.4) is 0 Å². The van der Waals surface area contributed by atoms with Crippen molar-refractivity contribution in [2.45, 2.75) is 107 Å². The van der Waals surface area contributed by atoms with E-state index in [9.17, 15) is 55.1 Å². The second-order valence-electron chi connectivity index (χ2n) is 28.3. The maximum atomic E-state index is 13.2. The Morgan fingerprint density at radius 2 is 0.929 bits per heavy atom. The van der Waals surface area contributed by atoms with Crippen LogP contribution in [0.2, 0.25) is 5.02 Å². The normalized spacial score (nSPS) is 12.3. The molecule has 8 aromatic carbocycles. The third-order valence-electron chi connectivity index (χ3n) is 19.3. The van der Waals surface area contributed by atoms with Crippen molar-refractivity contribution < 1.29 is 59.5 Å². The summed E-state index contributed by atoms with van der Waals surface area (Å²) >= 11 is 12.4. The van der Waals surface area contributed by atoms with Gasteiger partial charge < -0.3 is 35.3 Å². The molecule has 34 heteroatoms. The molecule has 14 aromatic rings. The molecule has 6 aromatic heterocycles. The van der Waals surface area contributed by atoms with Crippen LogP contribution in [0.15, 0.2) is 298 Å². The maximum Gasteiger partial charge on any atom is 0.417 e. The van der Waals surface area contributed by atoms with Gasteiger partial charge in [-0.1, -0.05) is 79.4 Å². The zero-order valence-electron chi connectivity index (χ0n) is 67.2. The first kappa shape index (κ1) is 91.1. The number of nitrogens with zero attached hydrogens (tertiary/aromatic N) is 11. The van der Waals surface area contributed by atoms with Crippen LogP contribution < -0.4 is 36.5 Å². The van der Waals surface area contributed by atoms with Crippen molar-refractivity contribution in [2.75, 3.05) is 32.7 Å². The molecule has 127 heavy (non-hydrogen) atoms. The summed E-state index contributed by atoms with van der Waals surface area (Å²) in [5, 5.41) is 23.4. The van der Waals surface area contributed by atoms with E-state index in [0.29, 0.717) is 75.4 Å². The van der Waals surface area contributed by atoms with E-state index in [1.54, 1.807) is 177 Å². The molecule has 1 aliphatic carbocycles. The molecule has 0 atom stereocenters. The molecule has 23 nitrogen and oxygen atoms in total. The maximum absolute atomic E-state index is 13.2. The summed E-state index contributed by atoms with van der Waals surface area (Å²) in [5.41, 5.74) is 6.23. The second kappa shape index (κ2) is 43.8. The number of halogens is 7. The van der Waals surface area contributed by atoms with Gasteiger partial charge in [0.15, 0.2) is 0 Å². The highest BCUT2D eigenvalue weighted by atomic mass is 35.5. The van der Waals surface area contributed by atoms with Gasteiger partial charge in [0.1, 0.15) is 31.4 Å². The molecule has 0 saturated heterocycles. The minimum absolute atomic E-state index is 0.0386. The van der Waals surface area contributed by atoms with Crippen molar-refractivity contribution in [1.29, 1.82) is 5.26 Å². The largest absolute Gasteiger partial charge is 0.439 e. The van der Waals surface area contributed by atoms with Gasteiger partial charge in [-0.25, -0.2) is 29.7 Å². The molecule has 1 aliphatic heterocycles. The minimum atomic E-state index is -4.71. The number of pyridine rings is 1. The van der Waals surface area contributed by atoms with E-state index in [1.807, 2.05) is 84.9 Å². The number of carbonyl (C=O) groups is 5. The fourth-order valence-corrected chi connectivity index (χ4v) is 16.5. The van der Waals surface area contributed by atoms with E-state index < -0.39 is 46.5 Å². The number of rotatable bonds is 23. The van der Waals surface area contributed by atoms with Gasteiger partial charge in [0.05, 0.1) is 59.4 Å². The van der Waals surface area contributed by atoms with E-state index in [2.05, 4.69) is 66.1 Å². The minimum Gasteiger partial charge on any atom is -0.439 e. The Bertz CT molecular complexity index is 6330. The summed E-state index contributed by atoms with van der Waals surface area (Å²) in [7, 11) is 0. The lowest BCUT2D eigenvalue weighted by molar-refractivity contribution is -0.138. The fourth-order valence-electron chi connectivity index (χ4n) is 13.3. The first-order valence-corrected chi connectivity index (χ1v) is 43.5. The quantitative estimate of drug-likeness (QED) is 0.0263. The van der Waals surface area contributed by atoms with Crippen LogP contribution in [-0.4, -0.2) is 80.9 Å². The monoisotopic (exact) mass is 1810 g/mol. The van der Waals surface area contributed by atoms with Crippen molar-refractivity contribution in [3.63, 3.8) is 0 Å². The van der Waals surface area contributed by atoms with Crippen LogP contribution in [0, 0.1) is 11.3 Å². The first-order chi connectivity index (χ1) is 61.4. The van der Waals surface area contributed by atoms with Crippen LogP contribution in [0.1, 0.15) is 136 Å². The number of thioether (sulfide) groups is 4. The highest BCUT2D eigenvalue weighted by Gasteiger charge is 2.36. The summed E-state index contributed by atoms with van der Waals surface area (Å²) in [5.74, 6) is 2.93. The molecule has 1 saturated carbocycles. The molecule has 642 valence electrons. The highest BCUT2D eigenvalue weighted by Crippen LogP contribution is 2.42. The van der Waals surface area contributed by atoms with E-state index in [4.69, 9.17) is 26.0 Å². The van der Waals surface area contributed by atoms with Crippen molar-refractivity contribution in [3.8, 4) is 17.7 Å². The molecule has 7 heterocycles. The van der Waals surface area contributed by atoms with Crippen LogP contribution in [-0.2, 0) is 46.6 Å². The summed E-state index contributed by atoms with van der Waals surface area (Å²) in [4.78, 5) is 113. The summed E-state index contributed by atoms with van der Waals surface area (Å²) < 4.78 is 89.8. The molecule has 16 rings (SSSR count). The molecule has 0 spiro atoms. The van der Waals surface area contributed by atoms with Gasteiger partial charge in [0.2, 0.25) is 11.8 Å². The van der Waals surface area contributed by atoms with Gasteiger partial charge in [-0.15, -0.1) is 47.0 Å². The smallest absolute Gasteiger partial charge is 0.417 e. The number of nitrogens with one attached hydrogen (secondary N) is 4. The SMILES string of the molecule is CC(=O)N1CCc2cc(NC(=O)c3cccc(CSc4cnccn4)c3)ccc21.N#Cc1ccc(NC(=O)c2cccc(CSc3cnccn3)c2)cc1C(F)(F)F.O=C(Nc1ccc(Oc2ccc(Cl)cc2C2CCCCC2)nc1)c1cccc(CSc2cnccn2)c1.O=C(Nc1ccc2c(C(F)(F)F)cc(=O)oc2c1)c1cccc(CSc2cnccn2)c1. The molecular weight excluding hydrogens is 1730 g/mol. The average molecular weight is 1810 g/mol. The topological polar surface area (TPSA) is 316 Å². The molecule has 1 fully saturated rings. The molecule has 4 N–H and O–H groups in total. The number of ether oxygens (including phenoxy) is 1. The van der Waals surface area contributed by atoms with Crippen molar-refractivity contribution in [3.05, 3.63) is 356 Å². The third-order valence-corrected chi connectivity index (χ3v) is 23.5. The van der Waals surface area contributed by atoms with Gasteiger partial charge in [-0.05, 0) is 180 Å². The van der Waals surface area contributed by atoms with E-state index in [0.717, 1.165) is 113 Å². The second-order valence-corrected chi connectivity index (χ2v) is 32.7. The number of hydrogen-bond donors (Lipinski definition) is 4. The van der Waals surface area contributed by atoms with Crippen LogP contribution in [0.4, 0.5) is 54.8 Å². The van der Waals surface area contributed by atoms with E-state index >= 15 is 0 Å². The number of amides is 5. The fraction of sp³-hybridized carbons (Fsp3) is 0.161. The summed E-state index contributed by atoms with van der Waals surface area (Å²) in [6.07, 6.45) is 18.7. The zero-order chi connectivity index (χ0) is 89.2. The lowest BCUT2D eigenvalue weighted by Crippen LogP contribution is -2.25. The molecule has 0 unspecified atom stereocenters. The number of aromatic nitrogens is 9. The Balaban J connectivity index is 0.000000146. The Hall–Kier alpha value is -13.7. The number of fused-ring (bicyclic) bond motifs is 2. The lowest BCUT2D eigenvalue weighted by atomic mass is 9.84. The molecule has 0 bridgehead atoms. The number of benzene rings is 8. The zero-order valence-corrected chi connectivity index (χ0v) is 71.2. The average Bonchev–Trinajstić information content (AvgIpc) is 1.08. The standard InChI is InChI=1S/C29H27ClN4O2S.C22H14F3N3O3S.C22H20N4O2S.C20H13F3N4OS/c30-23-9-11-26(25(16-23)21-6-2-1-3-7-21)36-27-12-10-24(17-33-27)34-29(35)22-8-4-5-20(15-22)19-37-28-18-31-13-14-32-28;23-22(24,25)17-10-20(29)31-18-9-15(4-5-16(17)18)28-21(30)14-3-1-2-13(8-14)12-32-19-11-26-6-7-27-19;1-15(27)26-10-7-17-12-19(5-6-20(17)26)25-22(28)18-4-2-3-16(11-18)14-29-21-13-23-8-9-24-21;21-20(22,23)17-9-16(5-4-15(17)10-24)27-19(28)14-3-1-2-13(8-14)12-29-18-11-25-6-7-26-18/h4-5,8-18,21H,1-3,6-7,19H2,(H,34,35);1-11H,12H2,(H,28,30);2-6,8-9,11-13H,7,10,14H2,1H3,(H,25,28);1-9,11H,12H2,(H,27,28). The predicted octanol–water partition coefficient (Wildman–Crippen LogP) is 21.9. The molecular formula is C93H74ClF6N15O8S4. The van der Waals surface area contributed by atoms with Crippen molar-refractivity contribution >= 4 is 128 Å².